The molecule has 4 heteroatoms. The lowest BCUT2D eigenvalue weighted by atomic mass is 9.61. The Morgan fingerprint density at radius 2 is 2.06 bits per heavy atom. The van der Waals surface area contributed by atoms with Crippen molar-refractivity contribution < 1.29 is 4.79 Å². The van der Waals surface area contributed by atoms with Crippen molar-refractivity contribution >= 4 is 23.1 Å². The average molecular weight is 256 g/mol. The van der Waals surface area contributed by atoms with E-state index in [9.17, 15) is 4.79 Å². The van der Waals surface area contributed by atoms with E-state index in [1.165, 1.54) is 0 Å². The number of hydrogen-bond donors (Lipinski definition) is 1. The summed E-state index contributed by atoms with van der Waals surface area (Å²) in [6.07, 6.45) is 2.64. The van der Waals surface area contributed by atoms with Gasteiger partial charge in [-0.1, -0.05) is 33.0 Å². The molecule has 3 nitrogen and oxygen atoms in total. The Morgan fingerprint density at radius 3 is 2.41 bits per heavy atom. The van der Waals surface area contributed by atoms with E-state index in [1.54, 1.807) is 4.90 Å². The number of thiocarbonyl (C=S) groups is 1. The zero-order valence-electron chi connectivity index (χ0n) is 11.3. The molecule has 1 rings (SSSR count). The molecule has 0 aliphatic heterocycles. The Kier molecular flexibility index (Phi) is 4.53. The van der Waals surface area contributed by atoms with Crippen LogP contribution in [0, 0.1) is 17.3 Å². The minimum Gasteiger partial charge on any atom is -0.392 e. The molecule has 1 fully saturated rings. The molecule has 0 bridgehead atoms. The van der Waals surface area contributed by atoms with E-state index < -0.39 is 5.41 Å². The third-order valence-electron chi connectivity index (χ3n) is 3.66. The predicted octanol–water partition coefficient (Wildman–Crippen LogP) is 2.19. The molecule has 1 aliphatic carbocycles. The van der Waals surface area contributed by atoms with Gasteiger partial charge in [-0.2, -0.15) is 0 Å². The van der Waals surface area contributed by atoms with E-state index in [-0.39, 0.29) is 5.91 Å². The Morgan fingerprint density at radius 1 is 1.53 bits per heavy atom. The van der Waals surface area contributed by atoms with Gasteiger partial charge >= 0.3 is 0 Å². The molecule has 0 aromatic rings. The Bertz CT molecular complexity index is 309. The highest BCUT2D eigenvalue weighted by Crippen LogP contribution is 2.47. The Labute approximate surface area is 110 Å². The monoisotopic (exact) mass is 256 g/mol. The van der Waals surface area contributed by atoms with Gasteiger partial charge in [-0.25, -0.2) is 0 Å². The second kappa shape index (κ2) is 5.34. The molecule has 0 unspecified atom stereocenters. The minimum absolute atomic E-state index is 0.115. The average Bonchev–Trinajstić information content (AvgIpc) is 2.19. The first kappa shape index (κ1) is 14.4. The lowest BCUT2D eigenvalue weighted by Gasteiger charge is -2.46. The molecule has 98 valence electrons. The highest BCUT2D eigenvalue weighted by Gasteiger charge is 2.51. The largest absolute Gasteiger partial charge is 0.392 e. The number of carbonyl (C=O) groups excluding carboxylic acids is 1. The minimum atomic E-state index is -0.541. The maximum Gasteiger partial charge on any atom is 0.235 e. The van der Waals surface area contributed by atoms with E-state index in [2.05, 4.69) is 20.8 Å². The topological polar surface area (TPSA) is 46.3 Å². The fourth-order valence-corrected chi connectivity index (χ4v) is 2.78. The molecule has 17 heavy (non-hydrogen) atoms. The quantitative estimate of drug-likeness (QED) is 0.767. The molecule has 0 radical (unpaired) electrons. The summed E-state index contributed by atoms with van der Waals surface area (Å²) in [6.45, 7) is 7.24. The van der Waals surface area contributed by atoms with Gasteiger partial charge in [0.05, 0.1) is 10.4 Å². The van der Waals surface area contributed by atoms with Crippen LogP contribution < -0.4 is 5.73 Å². The van der Waals surface area contributed by atoms with Gasteiger partial charge in [0.15, 0.2) is 0 Å². The van der Waals surface area contributed by atoms with E-state index in [1.807, 2.05) is 7.05 Å². The van der Waals surface area contributed by atoms with Gasteiger partial charge < -0.3 is 10.6 Å². The van der Waals surface area contributed by atoms with E-state index >= 15 is 0 Å². The van der Waals surface area contributed by atoms with Crippen LogP contribution in [0.4, 0.5) is 0 Å². The van der Waals surface area contributed by atoms with Crippen molar-refractivity contribution in [1.29, 1.82) is 0 Å². The summed E-state index contributed by atoms with van der Waals surface area (Å²) in [5, 5.41) is 0. The first-order chi connectivity index (χ1) is 7.79. The van der Waals surface area contributed by atoms with Crippen LogP contribution in [0.25, 0.3) is 0 Å². The molecule has 1 saturated carbocycles. The van der Waals surface area contributed by atoms with Crippen molar-refractivity contribution in [2.24, 2.45) is 23.0 Å². The van der Waals surface area contributed by atoms with Gasteiger partial charge in [-0.3, -0.25) is 4.79 Å². The molecule has 1 amide bonds. The number of amides is 1. The fourth-order valence-electron chi connectivity index (χ4n) is 2.53. The van der Waals surface area contributed by atoms with Crippen LogP contribution in [0.5, 0.6) is 0 Å². The number of nitrogens with two attached hydrogens (primary N) is 1. The van der Waals surface area contributed by atoms with Gasteiger partial charge in [-0.05, 0) is 31.1 Å². The molecule has 0 atom stereocenters. The number of nitrogens with zero attached hydrogens (tertiary/aromatic N) is 1. The summed E-state index contributed by atoms with van der Waals surface area (Å²) in [5.74, 6) is 1.27. The maximum absolute atomic E-state index is 12.4. The molecule has 2 N–H and O–H groups in total. The first-order valence-corrected chi connectivity index (χ1v) is 6.76. The fraction of sp³-hybridized carbons (Fsp3) is 0.846. The third kappa shape index (κ3) is 2.97. The van der Waals surface area contributed by atoms with Crippen molar-refractivity contribution in [3.8, 4) is 0 Å². The summed E-state index contributed by atoms with van der Waals surface area (Å²) >= 11 is 5.10. The lowest BCUT2D eigenvalue weighted by Crippen LogP contribution is -2.56. The molecule has 0 spiro atoms. The van der Waals surface area contributed by atoms with Crippen molar-refractivity contribution in [3.63, 3.8) is 0 Å². The maximum atomic E-state index is 12.4. The van der Waals surface area contributed by atoms with Crippen molar-refractivity contribution in [2.45, 2.75) is 40.0 Å². The van der Waals surface area contributed by atoms with Crippen LogP contribution in [0.3, 0.4) is 0 Å². The van der Waals surface area contributed by atoms with Crippen molar-refractivity contribution in [2.75, 3.05) is 13.6 Å². The Balaban J connectivity index is 2.64. The molecular formula is C13H24N2OS. The number of hydrogen-bond acceptors (Lipinski definition) is 2. The van der Waals surface area contributed by atoms with Crippen LogP contribution in [0.1, 0.15) is 40.0 Å². The van der Waals surface area contributed by atoms with Crippen LogP contribution in [0.2, 0.25) is 0 Å². The van der Waals surface area contributed by atoms with E-state index in [0.717, 1.165) is 25.8 Å². The smallest absolute Gasteiger partial charge is 0.235 e. The van der Waals surface area contributed by atoms with Gasteiger partial charge in [0, 0.05) is 13.6 Å². The number of rotatable bonds is 5. The molecule has 0 aromatic carbocycles. The second-order valence-corrected chi connectivity index (χ2v) is 6.31. The molecule has 0 heterocycles. The SMILES string of the molecule is CC(C)CCN(C)C(=O)C1(C(N)=S)CC(C)C1. The summed E-state index contributed by atoms with van der Waals surface area (Å²) in [4.78, 5) is 14.6. The van der Waals surface area contributed by atoms with Crippen LogP contribution in [-0.2, 0) is 4.79 Å². The summed E-state index contributed by atoms with van der Waals surface area (Å²) < 4.78 is 0. The number of carbonyl (C=O) groups is 1. The zero-order chi connectivity index (χ0) is 13.2. The summed E-state index contributed by atoms with van der Waals surface area (Å²) in [6, 6.07) is 0. The molecule has 0 saturated heterocycles. The normalized spacial score (nSPS) is 27.7. The third-order valence-corrected chi connectivity index (χ3v) is 4.05. The van der Waals surface area contributed by atoms with E-state index in [0.29, 0.717) is 16.8 Å². The zero-order valence-corrected chi connectivity index (χ0v) is 12.1. The molecular weight excluding hydrogens is 232 g/mol. The van der Waals surface area contributed by atoms with Gasteiger partial charge in [0.25, 0.3) is 0 Å². The van der Waals surface area contributed by atoms with Crippen molar-refractivity contribution in [1.82, 2.24) is 4.90 Å². The highest BCUT2D eigenvalue weighted by atomic mass is 32.1. The van der Waals surface area contributed by atoms with Crippen LogP contribution in [0.15, 0.2) is 0 Å². The molecule has 1 aliphatic rings. The highest BCUT2D eigenvalue weighted by molar-refractivity contribution is 7.80. The van der Waals surface area contributed by atoms with Gasteiger partial charge in [0.2, 0.25) is 5.91 Å². The summed E-state index contributed by atoms with van der Waals surface area (Å²) in [7, 11) is 1.85. The standard InChI is InChI=1S/C13H24N2OS/c1-9(2)5-6-15(4)12(16)13(11(14)17)7-10(3)8-13/h9-10H,5-8H2,1-4H3,(H2,14,17). The van der Waals surface area contributed by atoms with E-state index in [4.69, 9.17) is 18.0 Å². The second-order valence-electron chi connectivity index (χ2n) is 5.87. The van der Waals surface area contributed by atoms with Gasteiger partial charge in [-0.15, -0.1) is 0 Å². The van der Waals surface area contributed by atoms with Crippen LogP contribution >= 0.6 is 12.2 Å². The lowest BCUT2D eigenvalue weighted by molar-refractivity contribution is -0.142. The first-order valence-electron chi connectivity index (χ1n) is 6.35. The van der Waals surface area contributed by atoms with Crippen molar-refractivity contribution in [3.05, 3.63) is 0 Å². The Hall–Kier alpha value is -0.640. The summed E-state index contributed by atoms with van der Waals surface area (Å²) in [5.41, 5.74) is 5.23. The predicted molar refractivity (Wildman–Crippen MR) is 74.7 cm³/mol. The van der Waals surface area contributed by atoms with Gasteiger partial charge in [0.1, 0.15) is 0 Å². The molecule has 0 aromatic heterocycles. The van der Waals surface area contributed by atoms with Crippen LogP contribution in [-0.4, -0.2) is 29.4 Å².